The minimum atomic E-state index is -0.344. The summed E-state index contributed by atoms with van der Waals surface area (Å²) in [4.78, 5) is 12.7. The van der Waals surface area contributed by atoms with E-state index < -0.39 is 0 Å². The molecule has 4 heteroatoms. The summed E-state index contributed by atoms with van der Waals surface area (Å²) in [7, 11) is 1.38. The van der Waals surface area contributed by atoms with Crippen molar-refractivity contribution in [3.63, 3.8) is 0 Å². The molecule has 0 heterocycles. The van der Waals surface area contributed by atoms with Crippen molar-refractivity contribution in [2.45, 2.75) is 37.0 Å². The van der Waals surface area contributed by atoms with E-state index in [1.54, 1.807) is 0 Å². The first-order valence-electron chi connectivity index (χ1n) is 10.2. The maximum absolute atomic E-state index is 11.4. The molecule has 1 aliphatic carbocycles. The van der Waals surface area contributed by atoms with Gasteiger partial charge >= 0.3 is 5.97 Å². The van der Waals surface area contributed by atoms with Gasteiger partial charge in [-0.15, -0.1) is 11.8 Å². The van der Waals surface area contributed by atoms with E-state index in [1.165, 1.54) is 39.5 Å². The van der Waals surface area contributed by atoms with Gasteiger partial charge in [-0.3, -0.25) is 0 Å². The highest BCUT2D eigenvalue weighted by Gasteiger charge is 2.20. The van der Waals surface area contributed by atoms with Crippen LogP contribution in [0.15, 0.2) is 59.5 Å². The van der Waals surface area contributed by atoms with Crippen molar-refractivity contribution in [3.8, 4) is 5.75 Å². The summed E-state index contributed by atoms with van der Waals surface area (Å²) in [5.74, 6) is 1.59. The maximum Gasteiger partial charge on any atom is 0.343 e. The van der Waals surface area contributed by atoms with Gasteiger partial charge in [-0.2, -0.15) is 0 Å². The predicted octanol–water partition coefficient (Wildman–Crippen LogP) is 5.61. The zero-order valence-electron chi connectivity index (χ0n) is 16.8. The molecule has 29 heavy (non-hydrogen) atoms. The monoisotopic (exact) mass is 406 g/mol. The molecule has 0 N–H and O–H groups in total. The van der Waals surface area contributed by atoms with Crippen molar-refractivity contribution < 1.29 is 14.3 Å². The van der Waals surface area contributed by atoms with Crippen LogP contribution >= 0.6 is 11.8 Å². The van der Waals surface area contributed by atoms with Crippen molar-refractivity contribution in [1.29, 1.82) is 0 Å². The van der Waals surface area contributed by atoms with E-state index in [0.29, 0.717) is 0 Å². The normalized spacial score (nSPS) is 12.7. The third kappa shape index (κ3) is 4.76. The number of aryl methyl sites for hydroxylation is 1. The van der Waals surface area contributed by atoms with Gasteiger partial charge in [-0.25, -0.2) is 4.79 Å². The Morgan fingerprint density at radius 3 is 2.69 bits per heavy atom. The van der Waals surface area contributed by atoms with E-state index in [1.807, 2.05) is 17.8 Å². The van der Waals surface area contributed by atoms with Gasteiger partial charge in [0.25, 0.3) is 0 Å². The Morgan fingerprint density at radius 1 is 1.00 bits per heavy atom. The predicted molar refractivity (Wildman–Crippen MR) is 119 cm³/mol. The Hall–Kier alpha value is -2.46. The summed E-state index contributed by atoms with van der Waals surface area (Å²) in [5.41, 5.74) is 4.08. The Morgan fingerprint density at radius 2 is 1.83 bits per heavy atom. The first-order valence-corrected chi connectivity index (χ1v) is 11.2. The van der Waals surface area contributed by atoms with Crippen LogP contribution in [-0.4, -0.2) is 25.4 Å². The lowest BCUT2D eigenvalue weighted by Gasteiger charge is -2.13. The van der Waals surface area contributed by atoms with Crippen LogP contribution in [-0.2, 0) is 28.8 Å². The molecule has 0 atom stereocenters. The number of ether oxygens (including phenoxy) is 2. The second kappa shape index (κ2) is 9.36. The average molecular weight is 407 g/mol. The molecule has 0 spiro atoms. The Labute approximate surface area is 176 Å². The number of fused-ring (bicyclic) bond motifs is 2. The quantitative estimate of drug-likeness (QED) is 0.277. The van der Waals surface area contributed by atoms with Gasteiger partial charge in [-0.1, -0.05) is 42.5 Å². The van der Waals surface area contributed by atoms with E-state index in [4.69, 9.17) is 4.74 Å². The number of hydrogen-bond donors (Lipinski definition) is 0. The Bertz CT molecular complexity index is 1010. The summed E-state index contributed by atoms with van der Waals surface area (Å²) < 4.78 is 10.4. The smallest absolute Gasteiger partial charge is 0.343 e. The zero-order valence-corrected chi connectivity index (χ0v) is 17.6. The highest BCUT2D eigenvalue weighted by Crippen LogP contribution is 2.38. The van der Waals surface area contributed by atoms with Crippen LogP contribution in [0, 0.1) is 0 Å². The van der Waals surface area contributed by atoms with Gasteiger partial charge in [0.05, 0.1) is 7.11 Å². The van der Waals surface area contributed by atoms with Crippen molar-refractivity contribution in [3.05, 3.63) is 71.3 Å². The van der Waals surface area contributed by atoms with Gasteiger partial charge in [0.1, 0.15) is 5.75 Å². The Kier molecular flexibility index (Phi) is 6.40. The largest absolute Gasteiger partial charge is 0.482 e. The van der Waals surface area contributed by atoms with E-state index in [0.717, 1.165) is 43.6 Å². The number of thioether (sulfide) groups is 1. The van der Waals surface area contributed by atoms with Gasteiger partial charge in [-0.05, 0) is 77.5 Å². The number of methoxy groups -OCH3 is 1. The minimum Gasteiger partial charge on any atom is -0.482 e. The number of carbonyl (C=O) groups is 1. The number of rotatable bonds is 8. The lowest BCUT2D eigenvalue weighted by molar-refractivity contribution is -0.142. The number of hydrogen-bond acceptors (Lipinski definition) is 4. The average Bonchev–Trinajstić information content (AvgIpc) is 3.26. The second-order valence-corrected chi connectivity index (χ2v) is 8.51. The number of carbonyl (C=O) groups excluding carboxylic acids is 1. The van der Waals surface area contributed by atoms with E-state index in [2.05, 4.69) is 53.3 Å². The first kappa shape index (κ1) is 19.8. The van der Waals surface area contributed by atoms with Crippen LogP contribution in [0.1, 0.15) is 29.5 Å². The highest BCUT2D eigenvalue weighted by molar-refractivity contribution is 7.99. The topological polar surface area (TPSA) is 35.5 Å². The van der Waals surface area contributed by atoms with Gasteiger partial charge in [0, 0.05) is 4.90 Å². The molecule has 0 amide bonds. The molecule has 0 saturated carbocycles. The molecule has 4 rings (SSSR count). The number of esters is 1. The molecular weight excluding hydrogens is 380 g/mol. The molecule has 1 aliphatic rings. The standard InChI is InChI=1S/C25H26O3S/c1-27-25(26)17-28-23-13-14-24(22-10-4-9-21(22)23)29-15-5-6-18-11-12-19-7-2-3-8-20(19)16-18/h2-3,7-8,11-14,16H,4-6,9-10,15,17H2,1H3. The van der Waals surface area contributed by atoms with Gasteiger partial charge < -0.3 is 9.47 Å². The number of benzene rings is 3. The molecule has 150 valence electrons. The van der Waals surface area contributed by atoms with Crippen molar-refractivity contribution in [2.75, 3.05) is 19.5 Å². The molecule has 0 aromatic heterocycles. The molecule has 0 unspecified atom stereocenters. The molecule has 0 fully saturated rings. The molecule has 0 saturated heterocycles. The second-order valence-electron chi connectivity index (χ2n) is 7.37. The molecule has 0 aliphatic heterocycles. The van der Waals surface area contributed by atoms with Gasteiger partial charge in [0.2, 0.25) is 0 Å². The summed E-state index contributed by atoms with van der Waals surface area (Å²) >= 11 is 1.94. The van der Waals surface area contributed by atoms with Crippen molar-refractivity contribution in [1.82, 2.24) is 0 Å². The maximum atomic E-state index is 11.4. The van der Waals surface area contributed by atoms with Gasteiger partial charge in [0.15, 0.2) is 6.61 Å². The Balaban J connectivity index is 1.34. The van der Waals surface area contributed by atoms with Crippen LogP contribution in [0.4, 0.5) is 0 Å². The molecule has 0 radical (unpaired) electrons. The highest BCUT2D eigenvalue weighted by atomic mass is 32.2. The lowest BCUT2D eigenvalue weighted by Crippen LogP contribution is -2.13. The van der Waals surface area contributed by atoms with Crippen molar-refractivity contribution >= 4 is 28.5 Å². The van der Waals surface area contributed by atoms with Crippen LogP contribution in [0.3, 0.4) is 0 Å². The summed E-state index contributed by atoms with van der Waals surface area (Å²) in [5, 5.41) is 2.62. The van der Waals surface area contributed by atoms with E-state index in [-0.39, 0.29) is 12.6 Å². The van der Waals surface area contributed by atoms with Crippen LogP contribution in [0.25, 0.3) is 10.8 Å². The third-order valence-electron chi connectivity index (χ3n) is 5.45. The molecular formula is C25H26O3S. The SMILES string of the molecule is COC(=O)COc1ccc(SCCCc2ccc3ccccc3c2)c2c1CCC2. The fourth-order valence-corrected chi connectivity index (χ4v) is 5.03. The molecule has 3 aromatic carbocycles. The van der Waals surface area contributed by atoms with Crippen LogP contribution in [0.5, 0.6) is 5.75 Å². The fourth-order valence-electron chi connectivity index (χ4n) is 3.96. The first-order chi connectivity index (χ1) is 14.2. The summed E-state index contributed by atoms with van der Waals surface area (Å²) in [6.07, 6.45) is 5.52. The molecule has 3 aromatic rings. The minimum absolute atomic E-state index is 0.0266. The fraction of sp³-hybridized carbons (Fsp3) is 0.320. The van der Waals surface area contributed by atoms with Crippen molar-refractivity contribution in [2.24, 2.45) is 0 Å². The zero-order chi connectivity index (χ0) is 20.1. The third-order valence-corrected chi connectivity index (χ3v) is 6.64. The molecule has 3 nitrogen and oxygen atoms in total. The summed E-state index contributed by atoms with van der Waals surface area (Å²) in [6, 6.07) is 19.5. The van der Waals surface area contributed by atoms with Crippen LogP contribution < -0.4 is 4.74 Å². The lowest BCUT2D eigenvalue weighted by atomic mass is 10.0. The summed E-state index contributed by atoms with van der Waals surface area (Å²) in [6.45, 7) is -0.0266. The van der Waals surface area contributed by atoms with E-state index in [9.17, 15) is 4.79 Å². The van der Waals surface area contributed by atoms with E-state index >= 15 is 0 Å². The van der Waals surface area contributed by atoms with Crippen LogP contribution in [0.2, 0.25) is 0 Å². The molecule has 0 bridgehead atoms.